The van der Waals surface area contributed by atoms with Crippen molar-refractivity contribution in [3.05, 3.63) is 16.0 Å². The predicted octanol–water partition coefficient (Wildman–Crippen LogP) is 3.45. The summed E-state index contributed by atoms with van der Waals surface area (Å²) in [5.41, 5.74) is 0. The summed E-state index contributed by atoms with van der Waals surface area (Å²) < 4.78 is 0.839. The summed E-state index contributed by atoms with van der Waals surface area (Å²) in [7, 11) is 0. The number of anilines is 1. The van der Waals surface area contributed by atoms with Crippen LogP contribution in [0.1, 0.15) is 13.3 Å². The second-order valence-electron chi connectivity index (χ2n) is 3.04. The Kier molecular flexibility index (Phi) is 5.71. The summed E-state index contributed by atoms with van der Waals surface area (Å²) in [5, 5.41) is 3.60. The van der Waals surface area contributed by atoms with E-state index in [4.69, 9.17) is 11.6 Å². The molecule has 15 heavy (non-hydrogen) atoms. The zero-order valence-electron chi connectivity index (χ0n) is 8.63. The van der Waals surface area contributed by atoms with E-state index in [2.05, 4.69) is 44.4 Å². The second kappa shape index (κ2) is 6.55. The van der Waals surface area contributed by atoms with Gasteiger partial charge in [-0.05, 0) is 40.2 Å². The molecule has 1 heterocycles. The minimum absolute atomic E-state index is 0.264. The second-order valence-corrected chi connectivity index (χ2v) is 5.14. The third-order valence-electron chi connectivity index (χ3n) is 1.92. The molecular weight excluding hydrogens is 298 g/mol. The van der Waals surface area contributed by atoms with Gasteiger partial charge in [-0.15, -0.1) is 0 Å². The Balaban J connectivity index is 2.73. The van der Waals surface area contributed by atoms with Crippen molar-refractivity contribution in [2.75, 3.05) is 17.3 Å². The van der Waals surface area contributed by atoms with E-state index in [1.807, 2.05) is 11.8 Å². The lowest BCUT2D eigenvalue weighted by Crippen LogP contribution is -2.22. The smallest absolute Gasteiger partial charge is 0.224 e. The van der Waals surface area contributed by atoms with Crippen molar-refractivity contribution in [2.24, 2.45) is 0 Å². The summed E-state index contributed by atoms with van der Waals surface area (Å²) >= 11 is 10.9. The molecule has 3 nitrogen and oxygen atoms in total. The quantitative estimate of drug-likeness (QED) is 0.845. The average molecular weight is 311 g/mol. The van der Waals surface area contributed by atoms with Crippen LogP contribution in [0.2, 0.25) is 5.28 Å². The van der Waals surface area contributed by atoms with E-state index in [0.29, 0.717) is 6.04 Å². The molecule has 0 amide bonds. The Morgan fingerprint density at radius 1 is 1.67 bits per heavy atom. The first-order chi connectivity index (χ1) is 7.17. The van der Waals surface area contributed by atoms with Gasteiger partial charge < -0.3 is 5.32 Å². The van der Waals surface area contributed by atoms with E-state index < -0.39 is 0 Å². The normalized spacial score (nSPS) is 12.5. The number of rotatable bonds is 5. The van der Waals surface area contributed by atoms with Gasteiger partial charge in [-0.2, -0.15) is 16.7 Å². The van der Waals surface area contributed by atoms with Crippen LogP contribution in [0.5, 0.6) is 0 Å². The zero-order valence-corrected chi connectivity index (χ0v) is 11.8. The lowest BCUT2D eigenvalue weighted by atomic mass is 10.2. The molecule has 0 radical (unpaired) electrons. The zero-order chi connectivity index (χ0) is 11.3. The van der Waals surface area contributed by atoms with Crippen molar-refractivity contribution in [1.82, 2.24) is 9.97 Å². The maximum atomic E-state index is 5.73. The van der Waals surface area contributed by atoms with Crippen molar-refractivity contribution >= 4 is 45.1 Å². The number of hydrogen-bond acceptors (Lipinski definition) is 4. The van der Waals surface area contributed by atoms with Gasteiger partial charge in [0.2, 0.25) is 5.28 Å². The van der Waals surface area contributed by atoms with E-state index in [1.54, 1.807) is 6.20 Å². The monoisotopic (exact) mass is 309 g/mol. The molecular formula is C9H13BrClN3S. The molecule has 1 N–H and O–H groups in total. The van der Waals surface area contributed by atoms with Crippen LogP contribution in [0.3, 0.4) is 0 Å². The maximum Gasteiger partial charge on any atom is 0.224 e. The fourth-order valence-corrected chi connectivity index (χ4v) is 2.26. The van der Waals surface area contributed by atoms with Crippen LogP contribution in [0.15, 0.2) is 10.7 Å². The SMILES string of the molecule is CCC(CSC)Nc1nc(Cl)ncc1Br. The highest BCUT2D eigenvalue weighted by Gasteiger charge is 2.09. The molecule has 0 aliphatic rings. The molecule has 6 heteroatoms. The average Bonchev–Trinajstić information content (AvgIpc) is 2.22. The van der Waals surface area contributed by atoms with E-state index in [-0.39, 0.29) is 5.28 Å². The van der Waals surface area contributed by atoms with Crippen molar-refractivity contribution in [1.29, 1.82) is 0 Å². The van der Waals surface area contributed by atoms with E-state index in [9.17, 15) is 0 Å². The first-order valence-electron chi connectivity index (χ1n) is 4.60. The van der Waals surface area contributed by atoms with Gasteiger partial charge in [-0.25, -0.2) is 4.98 Å². The van der Waals surface area contributed by atoms with Gasteiger partial charge >= 0.3 is 0 Å². The largest absolute Gasteiger partial charge is 0.365 e. The number of hydrogen-bond donors (Lipinski definition) is 1. The minimum Gasteiger partial charge on any atom is -0.365 e. The summed E-state index contributed by atoms with van der Waals surface area (Å²) in [6.45, 7) is 2.14. The van der Waals surface area contributed by atoms with Gasteiger partial charge in [-0.1, -0.05) is 6.92 Å². The van der Waals surface area contributed by atoms with Crippen LogP contribution < -0.4 is 5.32 Å². The lowest BCUT2D eigenvalue weighted by molar-refractivity contribution is 0.768. The lowest BCUT2D eigenvalue weighted by Gasteiger charge is -2.17. The van der Waals surface area contributed by atoms with Crippen molar-refractivity contribution in [3.8, 4) is 0 Å². The molecule has 1 aromatic rings. The molecule has 0 aliphatic carbocycles. The fraction of sp³-hybridized carbons (Fsp3) is 0.556. The number of thioether (sulfide) groups is 1. The highest BCUT2D eigenvalue weighted by atomic mass is 79.9. The first kappa shape index (κ1) is 13.1. The molecule has 1 atom stereocenters. The van der Waals surface area contributed by atoms with E-state index in [1.165, 1.54) is 0 Å². The Morgan fingerprint density at radius 2 is 2.40 bits per heavy atom. The molecule has 0 fully saturated rings. The molecule has 0 saturated heterocycles. The van der Waals surface area contributed by atoms with E-state index >= 15 is 0 Å². The maximum absolute atomic E-state index is 5.73. The number of nitrogens with one attached hydrogen (secondary N) is 1. The Morgan fingerprint density at radius 3 is 3.00 bits per heavy atom. The molecule has 0 aliphatic heterocycles. The highest BCUT2D eigenvalue weighted by Crippen LogP contribution is 2.21. The molecule has 0 bridgehead atoms. The summed E-state index contributed by atoms with van der Waals surface area (Å²) in [4.78, 5) is 8.01. The third-order valence-corrected chi connectivity index (χ3v) is 3.41. The van der Waals surface area contributed by atoms with Gasteiger partial charge in [0.25, 0.3) is 0 Å². The molecule has 0 aromatic carbocycles. The standard InChI is InChI=1S/C9H13BrClN3S/c1-3-6(5-15-2)13-8-7(10)4-12-9(11)14-8/h4,6H,3,5H2,1-2H3,(H,12,13,14). The minimum atomic E-state index is 0.264. The summed E-state index contributed by atoms with van der Waals surface area (Å²) in [5.74, 6) is 1.81. The third kappa shape index (κ3) is 4.17. The molecule has 84 valence electrons. The Bertz CT molecular complexity index is 324. The summed E-state index contributed by atoms with van der Waals surface area (Å²) in [6, 6.07) is 0.405. The molecule has 0 spiro atoms. The van der Waals surface area contributed by atoms with Crippen molar-refractivity contribution in [2.45, 2.75) is 19.4 Å². The molecule has 1 unspecified atom stereocenters. The Hall–Kier alpha value is -0.000000000000000111. The number of aromatic nitrogens is 2. The highest BCUT2D eigenvalue weighted by molar-refractivity contribution is 9.10. The topological polar surface area (TPSA) is 37.8 Å². The molecule has 0 saturated carbocycles. The van der Waals surface area contributed by atoms with E-state index in [0.717, 1.165) is 22.5 Å². The van der Waals surface area contributed by atoms with Gasteiger partial charge in [0.05, 0.1) is 4.47 Å². The predicted molar refractivity (Wildman–Crippen MR) is 70.8 cm³/mol. The first-order valence-corrected chi connectivity index (χ1v) is 7.17. The molecule has 1 rings (SSSR count). The number of nitrogens with zero attached hydrogens (tertiary/aromatic N) is 2. The van der Waals surface area contributed by atoms with Gasteiger partial charge in [0.1, 0.15) is 5.82 Å². The van der Waals surface area contributed by atoms with Gasteiger partial charge in [-0.3, -0.25) is 0 Å². The van der Waals surface area contributed by atoms with Crippen molar-refractivity contribution < 1.29 is 0 Å². The van der Waals surface area contributed by atoms with Crippen LogP contribution in [-0.4, -0.2) is 28.0 Å². The van der Waals surface area contributed by atoms with Crippen LogP contribution in [0, 0.1) is 0 Å². The van der Waals surface area contributed by atoms with Crippen LogP contribution in [0.25, 0.3) is 0 Å². The van der Waals surface area contributed by atoms with Gasteiger partial charge in [0, 0.05) is 18.0 Å². The van der Waals surface area contributed by atoms with Crippen molar-refractivity contribution in [3.63, 3.8) is 0 Å². The van der Waals surface area contributed by atoms with Crippen LogP contribution >= 0.6 is 39.3 Å². The van der Waals surface area contributed by atoms with Gasteiger partial charge in [0.15, 0.2) is 0 Å². The Labute approximate surface area is 108 Å². The van der Waals surface area contributed by atoms with Crippen LogP contribution in [0.4, 0.5) is 5.82 Å². The summed E-state index contributed by atoms with van der Waals surface area (Å²) in [6.07, 6.45) is 4.80. The number of halogens is 2. The van der Waals surface area contributed by atoms with Crippen LogP contribution in [-0.2, 0) is 0 Å². The fourth-order valence-electron chi connectivity index (χ4n) is 1.10. The molecule has 1 aromatic heterocycles.